The molecule has 2 amide bonds. The van der Waals surface area contributed by atoms with E-state index >= 15 is 0 Å². The largest absolute Gasteiger partial charge is 0.496 e. The first-order valence-corrected chi connectivity index (χ1v) is 7.44. The zero-order valence-electron chi connectivity index (χ0n) is 13.1. The molecule has 2 aromatic carbocycles. The van der Waals surface area contributed by atoms with Gasteiger partial charge in [0.2, 0.25) is 0 Å². The van der Waals surface area contributed by atoms with Crippen molar-refractivity contribution in [2.24, 2.45) is 0 Å². The Balaban J connectivity index is 1.88. The zero-order valence-corrected chi connectivity index (χ0v) is 13.1. The van der Waals surface area contributed by atoms with Crippen LogP contribution in [-0.4, -0.2) is 13.1 Å². The van der Waals surface area contributed by atoms with Gasteiger partial charge in [0, 0.05) is 18.7 Å². The van der Waals surface area contributed by atoms with Gasteiger partial charge in [-0.2, -0.15) is 0 Å². The number of carbonyl (C=O) groups excluding carboxylic acids is 1. The van der Waals surface area contributed by atoms with Gasteiger partial charge in [-0.3, -0.25) is 0 Å². The van der Waals surface area contributed by atoms with E-state index in [1.807, 2.05) is 42.5 Å². The van der Waals surface area contributed by atoms with Crippen molar-refractivity contribution in [3.8, 4) is 5.75 Å². The van der Waals surface area contributed by atoms with Gasteiger partial charge in [0.1, 0.15) is 5.75 Å². The molecule has 22 heavy (non-hydrogen) atoms. The van der Waals surface area contributed by atoms with E-state index in [0.29, 0.717) is 13.1 Å². The quantitative estimate of drug-likeness (QED) is 0.860. The number of rotatable bonds is 6. The minimum atomic E-state index is -0.187. The van der Waals surface area contributed by atoms with Crippen molar-refractivity contribution in [3.05, 3.63) is 65.2 Å². The predicted molar refractivity (Wildman–Crippen MR) is 87.9 cm³/mol. The molecule has 0 saturated heterocycles. The van der Waals surface area contributed by atoms with Crippen LogP contribution in [-0.2, 0) is 19.5 Å². The van der Waals surface area contributed by atoms with E-state index in [-0.39, 0.29) is 6.03 Å². The fourth-order valence-electron chi connectivity index (χ4n) is 2.21. The SMILES string of the molecule is CCc1ccc(OC)c(CNC(=O)NCc2ccccc2)c1. The van der Waals surface area contributed by atoms with Gasteiger partial charge in [-0.1, -0.05) is 49.4 Å². The summed E-state index contributed by atoms with van der Waals surface area (Å²) in [6.07, 6.45) is 0.956. The van der Waals surface area contributed by atoms with Crippen molar-refractivity contribution in [2.75, 3.05) is 7.11 Å². The van der Waals surface area contributed by atoms with Crippen LogP contribution in [0.3, 0.4) is 0 Å². The topological polar surface area (TPSA) is 50.4 Å². The third-order valence-electron chi connectivity index (χ3n) is 3.49. The molecule has 0 heterocycles. The summed E-state index contributed by atoms with van der Waals surface area (Å²) in [6.45, 7) is 3.06. The molecule has 0 radical (unpaired) electrons. The number of amides is 2. The minimum Gasteiger partial charge on any atom is -0.496 e. The highest BCUT2D eigenvalue weighted by Crippen LogP contribution is 2.20. The standard InChI is InChI=1S/C18H22N2O2/c1-3-14-9-10-17(22-2)16(11-14)13-20-18(21)19-12-15-7-5-4-6-8-15/h4-11H,3,12-13H2,1-2H3,(H2,19,20,21). The molecule has 0 aliphatic carbocycles. The fraction of sp³-hybridized carbons (Fsp3) is 0.278. The predicted octanol–water partition coefficient (Wildman–Crippen LogP) is 3.26. The van der Waals surface area contributed by atoms with Crippen molar-refractivity contribution in [1.82, 2.24) is 10.6 Å². The number of urea groups is 1. The number of aryl methyl sites for hydroxylation is 1. The lowest BCUT2D eigenvalue weighted by atomic mass is 10.1. The molecule has 2 aromatic rings. The smallest absolute Gasteiger partial charge is 0.315 e. The molecule has 2 rings (SSSR count). The third kappa shape index (κ3) is 4.52. The van der Waals surface area contributed by atoms with E-state index in [2.05, 4.69) is 23.6 Å². The molecule has 0 unspecified atom stereocenters. The summed E-state index contributed by atoms with van der Waals surface area (Å²) in [4.78, 5) is 11.9. The summed E-state index contributed by atoms with van der Waals surface area (Å²) >= 11 is 0. The van der Waals surface area contributed by atoms with Crippen LogP contribution in [0.1, 0.15) is 23.6 Å². The summed E-state index contributed by atoms with van der Waals surface area (Å²) in [5.74, 6) is 0.792. The summed E-state index contributed by atoms with van der Waals surface area (Å²) in [5, 5.41) is 5.71. The van der Waals surface area contributed by atoms with Gasteiger partial charge in [0.15, 0.2) is 0 Å². The molecule has 2 N–H and O–H groups in total. The molecular formula is C18H22N2O2. The summed E-state index contributed by atoms with van der Waals surface area (Å²) in [5.41, 5.74) is 3.28. The van der Waals surface area contributed by atoms with E-state index in [1.165, 1.54) is 5.56 Å². The van der Waals surface area contributed by atoms with Gasteiger partial charge in [0.05, 0.1) is 7.11 Å². The van der Waals surface area contributed by atoms with Gasteiger partial charge < -0.3 is 15.4 Å². The molecule has 0 spiro atoms. The van der Waals surface area contributed by atoms with Gasteiger partial charge in [-0.25, -0.2) is 4.79 Å². The van der Waals surface area contributed by atoms with Gasteiger partial charge in [-0.15, -0.1) is 0 Å². The maximum absolute atomic E-state index is 11.9. The average molecular weight is 298 g/mol. The highest BCUT2D eigenvalue weighted by atomic mass is 16.5. The fourth-order valence-corrected chi connectivity index (χ4v) is 2.21. The lowest BCUT2D eigenvalue weighted by Gasteiger charge is -2.12. The Kier molecular flexibility index (Phi) is 5.83. The average Bonchev–Trinajstić information content (AvgIpc) is 2.58. The Morgan fingerprint density at radius 3 is 2.41 bits per heavy atom. The van der Waals surface area contributed by atoms with Crippen LogP contribution in [0.15, 0.2) is 48.5 Å². The van der Waals surface area contributed by atoms with Crippen LogP contribution < -0.4 is 15.4 Å². The van der Waals surface area contributed by atoms with E-state index in [9.17, 15) is 4.79 Å². The van der Waals surface area contributed by atoms with Crippen LogP contribution >= 0.6 is 0 Å². The van der Waals surface area contributed by atoms with Crippen LogP contribution in [0.4, 0.5) is 4.79 Å². The number of hydrogen-bond donors (Lipinski definition) is 2. The highest BCUT2D eigenvalue weighted by molar-refractivity contribution is 5.73. The number of hydrogen-bond acceptors (Lipinski definition) is 2. The molecule has 0 fully saturated rings. The third-order valence-corrected chi connectivity index (χ3v) is 3.49. The van der Waals surface area contributed by atoms with Crippen molar-refractivity contribution >= 4 is 6.03 Å². The van der Waals surface area contributed by atoms with Crippen LogP contribution in [0, 0.1) is 0 Å². The normalized spacial score (nSPS) is 10.1. The van der Waals surface area contributed by atoms with Crippen LogP contribution in [0.5, 0.6) is 5.75 Å². The Labute approximate surface area is 131 Å². The number of ether oxygens (including phenoxy) is 1. The summed E-state index contributed by atoms with van der Waals surface area (Å²) in [6, 6.07) is 15.7. The van der Waals surface area contributed by atoms with Crippen LogP contribution in [0.2, 0.25) is 0 Å². The minimum absolute atomic E-state index is 0.187. The second-order valence-corrected chi connectivity index (χ2v) is 5.02. The van der Waals surface area contributed by atoms with Gasteiger partial charge >= 0.3 is 6.03 Å². The summed E-state index contributed by atoms with van der Waals surface area (Å²) in [7, 11) is 1.64. The molecule has 0 aliphatic heterocycles. The van der Waals surface area contributed by atoms with Crippen LogP contribution in [0.25, 0.3) is 0 Å². The molecular weight excluding hydrogens is 276 g/mol. The first kappa shape index (κ1) is 15.9. The maximum atomic E-state index is 11.9. The number of carbonyl (C=O) groups is 1. The molecule has 0 saturated carbocycles. The Morgan fingerprint density at radius 2 is 1.73 bits per heavy atom. The maximum Gasteiger partial charge on any atom is 0.315 e. The van der Waals surface area contributed by atoms with Crippen molar-refractivity contribution in [1.29, 1.82) is 0 Å². The molecule has 0 atom stereocenters. The molecule has 116 valence electrons. The van der Waals surface area contributed by atoms with Gasteiger partial charge in [-0.05, 0) is 23.6 Å². The van der Waals surface area contributed by atoms with E-state index < -0.39 is 0 Å². The monoisotopic (exact) mass is 298 g/mol. The van der Waals surface area contributed by atoms with Crippen molar-refractivity contribution < 1.29 is 9.53 Å². The first-order chi connectivity index (χ1) is 10.7. The first-order valence-electron chi connectivity index (χ1n) is 7.44. The van der Waals surface area contributed by atoms with E-state index in [0.717, 1.165) is 23.3 Å². The number of benzene rings is 2. The Bertz CT molecular complexity index is 612. The molecule has 4 heteroatoms. The number of nitrogens with one attached hydrogen (secondary N) is 2. The second-order valence-electron chi connectivity index (χ2n) is 5.02. The lowest BCUT2D eigenvalue weighted by Crippen LogP contribution is -2.34. The Morgan fingerprint density at radius 1 is 1.00 bits per heavy atom. The summed E-state index contributed by atoms with van der Waals surface area (Å²) < 4.78 is 5.33. The lowest BCUT2D eigenvalue weighted by molar-refractivity contribution is 0.240. The molecule has 4 nitrogen and oxygen atoms in total. The Hall–Kier alpha value is -2.49. The highest BCUT2D eigenvalue weighted by Gasteiger charge is 2.06. The van der Waals surface area contributed by atoms with E-state index in [4.69, 9.17) is 4.74 Å². The molecule has 0 aliphatic rings. The second kappa shape index (κ2) is 8.08. The van der Waals surface area contributed by atoms with Gasteiger partial charge in [0.25, 0.3) is 0 Å². The molecule has 0 aromatic heterocycles. The van der Waals surface area contributed by atoms with Crippen molar-refractivity contribution in [2.45, 2.75) is 26.4 Å². The van der Waals surface area contributed by atoms with Crippen molar-refractivity contribution in [3.63, 3.8) is 0 Å². The number of methoxy groups -OCH3 is 1. The zero-order chi connectivity index (χ0) is 15.8. The molecule has 0 bridgehead atoms. The van der Waals surface area contributed by atoms with E-state index in [1.54, 1.807) is 7.11 Å².